The van der Waals surface area contributed by atoms with E-state index in [1.54, 1.807) is 0 Å². The van der Waals surface area contributed by atoms with Gasteiger partial charge in [0.05, 0.1) is 37.5 Å². The molecule has 13 heteroatoms. The van der Waals surface area contributed by atoms with E-state index in [0.29, 0.717) is 0 Å². The van der Waals surface area contributed by atoms with Gasteiger partial charge in [-0.15, -0.1) is 0 Å². The zero-order valence-electron chi connectivity index (χ0n) is 19.8. The SMILES string of the molecule is COc1ccc(S(=O)(=O)N(CC(=O)Nc2cccc(C(F)(F)F)c2)c2cc(Cl)ccc2OC)cc1OC. The number of hydrogen-bond acceptors (Lipinski definition) is 6. The Morgan fingerprint density at radius 2 is 1.57 bits per heavy atom. The number of hydrogen-bond donors (Lipinski definition) is 1. The molecule has 0 aliphatic rings. The molecule has 0 heterocycles. The van der Waals surface area contributed by atoms with E-state index in [4.69, 9.17) is 25.8 Å². The van der Waals surface area contributed by atoms with Crippen molar-refractivity contribution in [2.24, 2.45) is 0 Å². The number of nitrogens with one attached hydrogen (secondary N) is 1. The van der Waals surface area contributed by atoms with Gasteiger partial charge >= 0.3 is 6.18 Å². The van der Waals surface area contributed by atoms with Gasteiger partial charge in [0, 0.05) is 16.8 Å². The van der Waals surface area contributed by atoms with Gasteiger partial charge in [-0.2, -0.15) is 13.2 Å². The molecule has 3 rings (SSSR count). The van der Waals surface area contributed by atoms with Gasteiger partial charge in [0.15, 0.2) is 11.5 Å². The van der Waals surface area contributed by atoms with Crippen LogP contribution in [0.2, 0.25) is 5.02 Å². The number of anilines is 2. The summed E-state index contributed by atoms with van der Waals surface area (Å²) >= 11 is 6.11. The van der Waals surface area contributed by atoms with Crippen molar-refractivity contribution in [1.82, 2.24) is 0 Å². The van der Waals surface area contributed by atoms with Crippen LogP contribution in [0, 0.1) is 0 Å². The van der Waals surface area contributed by atoms with Gasteiger partial charge in [0.25, 0.3) is 10.0 Å². The monoisotopic (exact) mass is 558 g/mol. The Morgan fingerprint density at radius 1 is 0.919 bits per heavy atom. The lowest BCUT2D eigenvalue weighted by Gasteiger charge is -2.26. The number of nitrogens with zero attached hydrogens (tertiary/aromatic N) is 1. The summed E-state index contributed by atoms with van der Waals surface area (Å²) in [4.78, 5) is 12.7. The first-order valence-electron chi connectivity index (χ1n) is 10.5. The van der Waals surface area contributed by atoms with Gasteiger partial charge in [0.2, 0.25) is 5.91 Å². The van der Waals surface area contributed by atoms with E-state index < -0.39 is 34.2 Å². The molecule has 37 heavy (non-hydrogen) atoms. The second kappa shape index (κ2) is 11.2. The highest BCUT2D eigenvalue weighted by atomic mass is 35.5. The molecule has 0 saturated heterocycles. The number of methoxy groups -OCH3 is 3. The van der Waals surface area contributed by atoms with E-state index in [1.165, 1.54) is 63.8 Å². The zero-order valence-corrected chi connectivity index (χ0v) is 21.4. The standard InChI is InChI=1S/C24H22ClF3N2O6S/c1-34-20-9-7-16(25)12-19(20)30(37(32,33)18-8-10-21(35-2)22(13-18)36-3)14-23(31)29-17-6-4-5-15(11-17)24(26,27)28/h4-13H,14H2,1-3H3,(H,29,31). The van der Waals surface area contributed by atoms with Crippen LogP contribution < -0.4 is 23.8 Å². The minimum Gasteiger partial charge on any atom is -0.495 e. The molecule has 0 aliphatic carbocycles. The van der Waals surface area contributed by atoms with Crippen LogP contribution in [-0.4, -0.2) is 42.2 Å². The van der Waals surface area contributed by atoms with Crippen LogP contribution in [0.3, 0.4) is 0 Å². The van der Waals surface area contributed by atoms with Crippen molar-refractivity contribution < 1.29 is 40.6 Å². The normalized spacial score (nSPS) is 11.5. The average Bonchev–Trinajstić information content (AvgIpc) is 2.86. The molecule has 0 atom stereocenters. The maximum absolute atomic E-state index is 13.8. The van der Waals surface area contributed by atoms with Gasteiger partial charge < -0.3 is 19.5 Å². The Morgan fingerprint density at radius 3 is 2.19 bits per heavy atom. The number of ether oxygens (including phenoxy) is 3. The number of alkyl halides is 3. The Labute approximate surface area is 216 Å². The molecule has 0 unspecified atom stereocenters. The summed E-state index contributed by atoms with van der Waals surface area (Å²) in [5.41, 5.74) is -1.21. The first kappa shape index (κ1) is 27.9. The number of carbonyl (C=O) groups excluding carboxylic acids is 1. The maximum atomic E-state index is 13.8. The van der Waals surface area contributed by atoms with Crippen molar-refractivity contribution in [1.29, 1.82) is 0 Å². The summed E-state index contributed by atoms with van der Waals surface area (Å²) in [6, 6.07) is 12.0. The lowest BCUT2D eigenvalue weighted by molar-refractivity contribution is -0.137. The highest BCUT2D eigenvalue weighted by Crippen LogP contribution is 2.37. The van der Waals surface area contributed by atoms with Gasteiger partial charge in [-0.3, -0.25) is 9.10 Å². The highest BCUT2D eigenvalue weighted by Gasteiger charge is 2.32. The van der Waals surface area contributed by atoms with E-state index >= 15 is 0 Å². The van der Waals surface area contributed by atoms with Crippen molar-refractivity contribution in [2.45, 2.75) is 11.1 Å². The smallest absolute Gasteiger partial charge is 0.416 e. The van der Waals surface area contributed by atoms with Crippen molar-refractivity contribution in [3.05, 3.63) is 71.2 Å². The minimum atomic E-state index is -4.63. The molecule has 3 aromatic carbocycles. The Kier molecular flexibility index (Phi) is 8.44. The minimum absolute atomic E-state index is 0.0658. The molecule has 0 aliphatic heterocycles. The predicted molar refractivity (Wildman–Crippen MR) is 132 cm³/mol. The van der Waals surface area contributed by atoms with Gasteiger partial charge in [-0.05, 0) is 48.5 Å². The number of rotatable bonds is 9. The van der Waals surface area contributed by atoms with Crippen LogP contribution >= 0.6 is 11.6 Å². The Hall–Kier alpha value is -3.64. The average molecular weight is 559 g/mol. The third kappa shape index (κ3) is 6.38. The van der Waals surface area contributed by atoms with Crippen LogP contribution in [0.15, 0.2) is 65.6 Å². The summed E-state index contributed by atoms with van der Waals surface area (Å²) in [5, 5.41) is 2.46. The van der Waals surface area contributed by atoms with E-state index in [1.807, 2.05) is 0 Å². The van der Waals surface area contributed by atoms with Gasteiger partial charge in [-0.1, -0.05) is 17.7 Å². The van der Waals surface area contributed by atoms with Crippen molar-refractivity contribution in [2.75, 3.05) is 37.5 Å². The lowest BCUT2D eigenvalue weighted by atomic mass is 10.2. The third-order valence-corrected chi connectivity index (χ3v) is 7.10. The fourth-order valence-corrected chi connectivity index (χ4v) is 4.97. The molecule has 0 fully saturated rings. The molecule has 0 aromatic heterocycles. The molecule has 198 valence electrons. The molecule has 0 saturated carbocycles. The zero-order chi connectivity index (χ0) is 27.4. The van der Waals surface area contributed by atoms with Crippen molar-refractivity contribution >= 4 is 38.9 Å². The predicted octanol–water partition coefficient (Wildman–Crippen LogP) is 5.22. The summed E-state index contributed by atoms with van der Waals surface area (Å²) in [5.74, 6) is -0.434. The molecule has 3 aromatic rings. The number of carbonyl (C=O) groups is 1. The first-order chi connectivity index (χ1) is 17.4. The number of amides is 1. The van der Waals surface area contributed by atoms with Crippen LogP contribution in [0.5, 0.6) is 17.2 Å². The molecule has 1 N–H and O–H groups in total. The third-order valence-electron chi connectivity index (χ3n) is 5.11. The molecule has 0 spiro atoms. The van der Waals surface area contributed by atoms with E-state index in [0.717, 1.165) is 22.5 Å². The van der Waals surface area contributed by atoms with E-state index in [2.05, 4.69) is 5.32 Å². The second-order valence-corrected chi connectivity index (χ2v) is 9.77. The Bertz CT molecular complexity index is 1400. The molecule has 8 nitrogen and oxygen atoms in total. The topological polar surface area (TPSA) is 94.2 Å². The van der Waals surface area contributed by atoms with Crippen LogP contribution in [0.25, 0.3) is 0 Å². The summed E-state index contributed by atoms with van der Waals surface area (Å²) in [6.07, 6.45) is -4.63. The van der Waals surface area contributed by atoms with Crippen LogP contribution in [0.4, 0.5) is 24.5 Å². The van der Waals surface area contributed by atoms with Crippen molar-refractivity contribution in [3.8, 4) is 17.2 Å². The number of sulfonamides is 1. The molecule has 0 radical (unpaired) electrons. The van der Waals surface area contributed by atoms with Crippen molar-refractivity contribution in [3.63, 3.8) is 0 Å². The van der Waals surface area contributed by atoms with Gasteiger partial charge in [-0.25, -0.2) is 8.42 Å². The highest BCUT2D eigenvalue weighted by molar-refractivity contribution is 7.92. The lowest BCUT2D eigenvalue weighted by Crippen LogP contribution is -2.38. The maximum Gasteiger partial charge on any atom is 0.416 e. The summed E-state index contributed by atoms with van der Waals surface area (Å²) in [7, 11) is -0.449. The molecule has 0 bridgehead atoms. The molecule has 1 amide bonds. The first-order valence-corrected chi connectivity index (χ1v) is 12.3. The molecular formula is C24H22ClF3N2O6S. The number of halogens is 4. The second-order valence-electron chi connectivity index (χ2n) is 7.47. The van der Waals surface area contributed by atoms with Gasteiger partial charge in [0.1, 0.15) is 12.3 Å². The molecular weight excluding hydrogens is 537 g/mol. The largest absolute Gasteiger partial charge is 0.495 e. The quantitative estimate of drug-likeness (QED) is 0.387. The fourth-order valence-electron chi connectivity index (χ4n) is 3.37. The van der Waals surface area contributed by atoms with Crippen LogP contribution in [-0.2, 0) is 21.0 Å². The van der Waals surface area contributed by atoms with E-state index in [9.17, 15) is 26.4 Å². The Balaban J connectivity index is 2.06. The van der Waals surface area contributed by atoms with Crippen LogP contribution in [0.1, 0.15) is 5.56 Å². The number of benzene rings is 3. The summed E-state index contributed by atoms with van der Waals surface area (Å²) < 4.78 is 83.1. The fraction of sp³-hybridized carbons (Fsp3) is 0.208. The van der Waals surface area contributed by atoms with E-state index in [-0.39, 0.29) is 38.5 Å². The summed E-state index contributed by atoms with van der Waals surface area (Å²) in [6.45, 7) is -0.816.